The quantitative estimate of drug-likeness (QED) is 0.886. The Balaban J connectivity index is 1.69. The van der Waals surface area contributed by atoms with E-state index >= 15 is 0 Å². The van der Waals surface area contributed by atoms with Crippen molar-refractivity contribution < 1.29 is 4.74 Å². The van der Waals surface area contributed by atoms with E-state index in [1.807, 2.05) is 0 Å². The zero-order valence-corrected chi connectivity index (χ0v) is 11.0. The van der Waals surface area contributed by atoms with Crippen molar-refractivity contribution in [3.63, 3.8) is 0 Å². The van der Waals surface area contributed by atoms with E-state index in [9.17, 15) is 0 Å². The molecule has 100 valence electrons. The largest absolute Gasteiger partial charge is 0.381 e. The number of ether oxygens (including phenoxy) is 1. The minimum atomic E-state index is 0.134. The normalized spacial score (nSPS) is 29.2. The smallest absolute Gasteiger partial charge is 0.0631 e. The van der Waals surface area contributed by atoms with Crippen molar-refractivity contribution in [2.24, 2.45) is 11.1 Å². The average Bonchev–Trinajstić information content (AvgIpc) is 3.10. The molecule has 2 aliphatic rings. The van der Waals surface area contributed by atoms with Gasteiger partial charge in [-0.05, 0) is 25.3 Å². The summed E-state index contributed by atoms with van der Waals surface area (Å²) in [6, 6.07) is 2.79. The highest BCUT2D eigenvalue weighted by Gasteiger charge is 2.34. The van der Waals surface area contributed by atoms with Gasteiger partial charge in [0.2, 0.25) is 0 Å². The van der Waals surface area contributed by atoms with Gasteiger partial charge in [0.1, 0.15) is 0 Å². The van der Waals surface area contributed by atoms with E-state index < -0.39 is 0 Å². The fourth-order valence-electron chi connectivity index (χ4n) is 3.25. The molecule has 2 fully saturated rings. The molecule has 0 bridgehead atoms. The maximum atomic E-state index is 5.93. The van der Waals surface area contributed by atoms with Gasteiger partial charge in [0.25, 0.3) is 0 Å². The van der Waals surface area contributed by atoms with Crippen LogP contribution in [0.25, 0.3) is 0 Å². The molecule has 3 rings (SSSR count). The van der Waals surface area contributed by atoms with Gasteiger partial charge in [0.15, 0.2) is 0 Å². The van der Waals surface area contributed by atoms with E-state index in [0.717, 1.165) is 26.1 Å². The standard InChI is InChI=1S/C14H23N3O/c15-10-14(6-8-18-11-14)9-12-5-7-17(16-12)13-3-1-2-4-13/h5,7,13H,1-4,6,8-11,15H2. The molecule has 0 amide bonds. The lowest BCUT2D eigenvalue weighted by Crippen LogP contribution is -2.33. The number of hydrogen-bond donors (Lipinski definition) is 1. The summed E-state index contributed by atoms with van der Waals surface area (Å²) in [5, 5.41) is 4.75. The predicted octanol–water partition coefficient (Wildman–Crippen LogP) is 1.91. The molecular weight excluding hydrogens is 226 g/mol. The number of aromatic nitrogens is 2. The first-order valence-electron chi connectivity index (χ1n) is 7.13. The van der Waals surface area contributed by atoms with Crippen molar-refractivity contribution in [2.75, 3.05) is 19.8 Å². The number of nitrogens with zero attached hydrogens (tertiary/aromatic N) is 2. The second-order valence-corrected chi connectivity index (χ2v) is 5.91. The van der Waals surface area contributed by atoms with Crippen molar-refractivity contribution in [3.8, 4) is 0 Å². The van der Waals surface area contributed by atoms with Crippen LogP contribution in [-0.2, 0) is 11.2 Å². The van der Waals surface area contributed by atoms with Crippen LogP contribution in [0.15, 0.2) is 12.3 Å². The van der Waals surface area contributed by atoms with Crippen LogP contribution in [0.1, 0.15) is 43.8 Å². The first kappa shape index (κ1) is 12.2. The molecule has 0 aromatic carbocycles. The molecule has 1 aromatic rings. The van der Waals surface area contributed by atoms with Crippen molar-refractivity contribution in [1.82, 2.24) is 9.78 Å². The summed E-state index contributed by atoms with van der Waals surface area (Å²) in [4.78, 5) is 0. The van der Waals surface area contributed by atoms with Crippen molar-refractivity contribution >= 4 is 0 Å². The summed E-state index contributed by atoms with van der Waals surface area (Å²) < 4.78 is 7.68. The fourth-order valence-corrected chi connectivity index (χ4v) is 3.25. The van der Waals surface area contributed by atoms with Crippen molar-refractivity contribution in [2.45, 2.75) is 44.6 Å². The van der Waals surface area contributed by atoms with E-state index in [-0.39, 0.29) is 5.41 Å². The van der Waals surface area contributed by atoms with Gasteiger partial charge in [-0.3, -0.25) is 4.68 Å². The van der Waals surface area contributed by atoms with E-state index in [2.05, 4.69) is 16.9 Å². The molecule has 0 spiro atoms. The van der Waals surface area contributed by atoms with E-state index in [4.69, 9.17) is 15.6 Å². The number of nitrogens with two attached hydrogens (primary N) is 1. The third-order valence-electron chi connectivity index (χ3n) is 4.54. The summed E-state index contributed by atoms with van der Waals surface area (Å²) in [6.07, 6.45) is 9.44. The van der Waals surface area contributed by atoms with Gasteiger partial charge in [-0.2, -0.15) is 5.10 Å². The van der Waals surface area contributed by atoms with E-state index in [0.29, 0.717) is 12.6 Å². The van der Waals surface area contributed by atoms with Gasteiger partial charge >= 0.3 is 0 Å². The predicted molar refractivity (Wildman–Crippen MR) is 70.4 cm³/mol. The average molecular weight is 249 g/mol. The second kappa shape index (κ2) is 5.02. The van der Waals surface area contributed by atoms with E-state index in [1.54, 1.807) is 0 Å². The summed E-state index contributed by atoms with van der Waals surface area (Å²) in [6.45, 7) is 2.34. The molecule has 18 heavy (non-hydrogen) atoms. The maximum Gasteiger partial charge on any atom is 0.0631 e. The highest BCUT2D eigenvalue weighted by atomic mass is 16.5. The SMILES string of the molecule is NCC1(Cc2ccn(C3CCCC3)n2)CCOC1. The Morgan fingerprint density at radius 3 is 2.94 bits per heavy atom. The van der Waals surface area contributed by atoms with E-state index in [1.165, 1.54) is 31.4 Å². The van der Waals surface area contributed by atoms with Crippen LogP contribution in [0.3, 0.4) is 0 Å². The topological polar surface area (TPSA) is 53.1 Å². The molecule has 1 atom stereocenters. The minimum Gasteiger partial charge on any atom is -0.381 e. The molecule has 2 N–H and O–H groups in total. The first-order chi connectivity index (χ1) is 8.81. The molecule has 2 heterocycles. The Morgan fingerprint density at radius 2 is 2.28 bits per heavy atom. The third-order valence-corrected chi connectivity index (χ3v) is 4.54. The van der Waals surface area contributed by atoms with Gasteiger partial charge in [0, 0.05) is 31.2 Å². The first-order valence-corrected chi connectivity index (χ1v) is 7.13. The Hall–Kier alpha value is -0.870. The molecule has 4 heteroatoms. The zero-order chi connectivity index (χ0) is 12.4. The molecule has 1 aromatic heterocycles. The lowest BCUT2D eigenvalue weighted by Gasteiger charge is -2.24. The molecule has 0 radical (unpaired) electrons. The maximum absolute atomic E-state index is 5.93. The van der Waals surface area contributed by atoms with Crippen LogP contribution in [-0.4, -0.2) is 29.5 Å². The molecule has 1 aliphatic heterocycles. The summed E-state index contributed by atoms with van der Waals surface area (Å²) in [5.74, 6) is 0. The highest BCUT2D eigenvalue weighted by Crippen LogP contribution is 2.32. The minimum absolute atomic E-state index is 0.134. The number of rotatable bonds is 4. The lowest BCUT2D eigenvalue weighted by molar-refractivity contribution is 0.154. The summed E-state index contributed by atoms with van der Waals surface area (Å²) in [7, 11) is 0. The molecule has 1 unspecified atom stereocenters. The second-order valence-electron chi connectivity index (χ2n) is 5.91. The van der Waals surface area contributed by atoms with Crippen molar-refractivity contribution in [1.29, 1.82) is 0 Å². The molecule has 4 nitrogen and oxygen atoms in total. The van der Waals surface area contributed by atoms with Gasteiger partial charge in [-0.25, -0.2) is 0 Å². The van der Waals surface area contributed by atoms with Crippen LogP contribution >= 0.6 is 0 Å². The Morgan fingerprint density at radius 1 is 1.44 bits per heavy atom. The van der Waals surface area contributed by atoms with Crippen LogP contribution in [0.2, 0.25) is 0 Å². The number of hydrogen-bond acceptors (Lipinski definition) is 3. The third kappa shape index (κ3) is 2.31. The van der Waals surface area contributed by atoms with Crippen LogP contribution in [0.4, 0.5) is 0 Å². The highest BCUT2D eigenvalue weighted by molar-refractivity contribution is 5.05. The molecule has 1 aliphatic carbocycles. The molecular formula is C14H23N3O. The van der Waals surface area contributed by atoms with Gasteiger partial charge in [0.05, 0.1) is 18.3 Å². The molecule has 1 saturated heterocycles. The summed E-state index contributed by atoms with van der Waals surface area (Å²) >= 11 is 0. The van der Waals surface area contributed by atoms with Gasteiger partial charge < -0.3 is 10.5 Å². The van der Waals surface area contributed by atoms with Gasteiger partial charge in [-0.15, -0.1) is 0 Å². The van der Waals surface area contributed by atoms with Gasteiger partial charge in [-0.1, -0.05) is 12.8 Å². The monoisotopic (exact) mass is 249 g/mol. The Bertz CT molecular complexity index is 389. The van der Waals surface area contributed by atoms with Crippen LogP contribution < -0.4 is 5.73 Å². The van der Waals surface area contributed by atoms with Crippen LogP contribution in [0, 0.1) is 5.41 Å². The Labute approximate surface area is 108 Å². The lowest BCUT2D eigenvalue weighted by atomic mass is 9.83. The Kier molecular flexibility index (Phi) is 3.39. The summed E-state index contributed by atoms with van der Waals surface area (Å²) in [5.41, 5.74) is 7.24. The van der Waals surface area contributed by atoms with Crippen molar-refractivity contribution in [3.05, 3.63) is 18.0 Å². The zero-order valence-electron chi connectivity index (χ0n) is 11.0. The molecule has 1 saturated carbocycles. The fraction of sp³-hybridized carbons (Fsp3) is 0.786. The van der Waals surface area contributed by atoms with Crippen LogP contribution in [0.5, 0.6) is 0 Å².